The van der Waals surface area contributed by atoms with Gasteiger partial charge in [-0.15, -0.1) is 0 Å². The van der Waals surface area contributed by atoms with E-state index in [1.165, 1.54) is 11.6 Å². The lowest BCUT2D eigenvalue weighted by atomic mass is 10.3. The van der Waals surface area contributed by atoms with Gasteiger partial charge in [0.05, 0.1) is 20.3 Å². The number of nitrogens with zero attached hydrogens (tertiary/aromatic N) is 4. The zero-order valence-electron chi connectivity index (χ0n) is 15.8. The summed E-state index contributed by atoms with van der Waals surface area (Å²) in [6, 6.07) is 7.61. The van der Waals surface area contributed by atoms with Gasteiger partial charge >= 0.3 is 5.69 Å². The maximum absolute atomic E-state index is 12.3. The molecule has 0 atom stereocenters. The van der Waals surface area contributed by atoms with Crippen molar-refractivity contribution in [2.75, 3.05) is 20.3 Å². The second kappa shape index (κ2) is 7.56. The molecule has 3 aromatic rings. The summed E-state index contributed by atoms with van der Waals surface area (Å²) in [5, 5.41) is 0. The Bertz CT molecular complexity index is 1060. The molecule has 0 aliphatic heterocycles. The average Bonchev–Trinajstić information content (AvgIpc) is 3.01. The second-order valence-electron chi connectivity index (χ2n) is 6.06. The molecule has 2 aromatic heterocycles. The Labute approximate surface area is 155 Å². The highest BCUT2D eigenvalue weighted by atomic mass is 16.5. The smallest absolute Gasteiger partial charge is 0.332 e. The predicted molar refractivity (Wildman–Crippen MR) is 99.8 cm³/mol. The van der Waals surface area contributed by atoms with Crippen LogP contribution in [0.2, 0.25) is 0 Å². The molecule has 0 fully saturated rings. The monoisotopic (exact) mass is 374 g/mol. The average molecular weight is 374 g/mol. The summed E-state index contributed by atoms with van der Waals surface area (Å²) in [6.07, 6.45) is 0.631. The van der Waals surface area contributed by atoms with Gasteiger partial charge in [-0.1, -0.05) is 0 Å². The minimum absolute atomic E-state index is 0.285. The van der Waals surface area contributed by atoms with Crippen molar-refractivity contribution >= 4 is 11.2 Å². The molecule has 0 bridgehead atoms. The van der Waals surface area contributed by atoms with E-state index in [4.69, 9.17) is 14.2 Å². The Hall–Kier alpha value is -3.23. The third-order valence-electron chi connectivity index (χ3n) is 4.28. The first-order valence-corrected chi connectivity index (χ1v) is 8.46. The molecule has 9 nitrogen and oxygen atoms in total. The van der Waals surface area contributed by atoms with Crippen LogP contribution >= 0.6 is 0 Å². The Balaban J connectivity index is 1.63. The van der Waals surface area contributed by atoms with Gasteiger partial charge in [0.15, 0.2) is 11.2 Å². The van der Waals surface area contributed by atoms with Crippen molar-refractivity contribution in [3.05, 3.63) is 45.1 Å². The molecular formula is C18H22N4O5. The van der Waals surface area contributed by atoms with Gasteiger partial charge in [0.2, 0.25) is 0 Å². The fourth-order valence-electron chi connectivity index (χ4n) is 2.71. The van der Waals surface area contributed by atoms with Gasteiger partial charge in [0, 0.05) is 27.6 Å². The first kappa shape index (κ1) is 18.6. The highest BCUT2D eigenvalue weighted by Crippen LogP contribution is 2.18. The minimum atomic E-state index is -0.426. The summed E-state index contributed by atoms with van der Waals surface area (Å²) in [4.78, 5) is 28.6. The summed E-state index contributed by atoms with van der Waals surface area (Å²) in [5.41, 5.74) is -0.204. The molecule has 0 saturated heterocycles. The number of benzene rings is 1. The molecule has 2 heterocycles. The number of aryl methyl sites for hydroxylation is 2. The summed E-state index contributed by atoms with van der Waals surface area (Å²) < 4.78 is 20.4. The maximum Gasteiger partial charge on any atom is 0.332 e. The number of aromatic nitrogens is 4. The van der Waals surface area contributed by atoms with Gasteiger partial charge in [-0.05, 0) is 24.3 Å². The molecule has 0 spiro atoms. The van der Waals surface area contributed by atoms with Gasteiger partial charge in [0.25, 0.3) is 11.6 Å². The minimum Gasteiger partial charge on any atom is -0.497 e. The van der Waals surface area contributed by atoms with Crippen LogP contribution in [0.5, 0.6) is 17.5 Å². The number of rotatable bonds is 7. The van der Waals surface area contributed by atoms with Crippen molar-refractivity contribution in [3.63, 3.8) is 0 Å². The zero-order chi connectivity index (χ0) is 19.6. The van der Waals surface area contributed by atoms with Crippen LogP contribution in [0.1, 0.15) is 6.42 Å². The normalized spacial score (nSPS) is 11.0. The first-order valence-electron chi connectivity index (χ1n) is 8.46. The van der Waals surface area contributed by atoms with E-state index in [0.717, 1.165) is 16.1 Å². The van der Waals surface area contributed by atoms with Gasteiger partial charge in [-0.2, -0.15) is 4.98 Å². The highest BCUT2D eigenvalue weighted by Gasteiger charge is 2.17. The van der Waals surface area contributed by atoms with Crippen LogP contribution in [0.15, 0.2) is 33.9 Å². The molecule has 0 aliphatic carbocycles. The van der Waals surface area contributed by atoms with Crippen LogP contribution in [0, 0.1) is 0 Å². The van der Waals surface area contributed by atoms with E-state index in [0.29, 0.717) is 30.8 Å². The molecule has 0 saturated carbocycles. The number of imidazole rings is 1. The third kappa shape index (κ3) is 3.53. The lowest BCUT2D eigenvalue weighted by Crippen LogP contribution is -2.37. The molecule has 144 valence electrons. The number of fused-ring (bicyclic) bond motifs is 1. The largest absolute Gasteiger partial charge is 0.497 e. The molecular weight excluding hydrogens is 352 g/mol. The molecule has 27 heavy (non-hydrogen) atoms. The van der Waals surface area contributed by atoms with Crippen molar-refractivity contribution in [3.8, 4) is 17.5 Å². The standard InChI is InChI=1S/C18H22N4O5/c1-20-14-15(21(2)18(24)22(3)16(14)23)19-17(20)27-11-5-10-26-13-8-6-12(25-4)7-9-13/h6-9H,5,10-11H2,1-4H3. The molecule has 1 aromatic carbocycles. The van der Waals surface area contributed by atoms with E-state index in [9.17, 15) is 9.59 Å². The number of methoxy groups -OCH3 is 1. The first-order chi connectivity index (χ1) is 12.9. The van der Waals surface area contributed by atoms with Crippen LogP contribution in [-0.4, -0.2) is 39.0 Å². The van der Waals surface area contributed by atoms with E-state index in [-0.39, 0.29) is 6.01 Å². The number of ether oxygens (including phenoxy) is 3. The summed E-state index contributed by atoms with van der Waals surface area (Å²) in [5.74, 6) is 1.52. The fourth-order valence-corrected chi connectivity index (χ4v) is 2.71. The Morgan fingerprint density at radius 3 is 2.19 bits per heavy atom. The summed E-state index contributed by atoms with van der Waals surface area (Å²) >= 11 is 0. The van der Waals surface area contributed by atoms with Crippen molar-refractivity contribution in [2.24, 2.45) is 21.1 Å². The molecule has 0 aliphatic rings. The van der Waals surface area contributed by atoms with Crippen molar-refractivity contribution in [1.29, 1.82) is 0 Å². The van der Waals surface area contributed by atoms with E-state index in [2.05, 4.69) is 4.98 Å². The summed E-state index contributed by atoms with van der Waals surface area (Å²) in [6.45, 7) is 0.831. The quantitative estimate of drug-likeness (QED) is 0.569. The Morgan fingerprint density at radius 2 is 1.52 bits per heavy atom. The number of hydrogen-bond donors (Lipinski definition) is 0. The van der Waals surface area contributed by atoms with Gasteiger partial charge in [-0.3, -0.25) is 18.5 Å². The third-order valence-corrected chi connectivity index (χ3v) is 4.28. The fraction of sp³-hybridized carbons (Fsp3) is 0.389. The van der Waals surface area contributed by atoms with Gasteiger partial charge in [0.1, 0.15) is 11.5 Å². The SMILES string of the molecule is COc1ccc(OCCCOc2nc3c(c(=O)n(C)c(=O)n3C)n2C)cc1. The number of hydrogen-bond acceptors (Lipinski definition) is 6. The molecule has 9 heteroatoms. The second-order valence-corrected chi connectivity index (χ2v) is 6.06. The van der Waals surface area contributed by atoms with E-state index < -0.39 is 11.2 Å². The highest BCUT2D eigenvalue weighted by molar-refractivity contribution is 5.71. The van der Waals surface area contributed by atoms with Crippen LogP contribution in [0.3, 0.4) is 0 Å². The molecule has 0 N–H and O–H groups in total. The van der Waals surface area contributed by atoms with Crippen molar-refractivity contribution in [2.45, 2.75) is 6.42 Å². The lowest BCUT2D eigenvalue weighted by molar-refractivity contribution is 0.232. The van der Waals surface area contributed by atoms with Crippen LogP contribution < -0.4 is 25.5 Å². The van der Waals surface area contributed by atoms with Crippen molar-refractivity contribution < 1.29 is 14.2 Å². The molecule has 3 rings (SSSR count). The molecule has 0 radical (unpaired) electrons. The maximum atomic E-state index is 12.3. The lowest BCUT2D eigenvalue weighted by Gasteiger charge is -2.08. The van der Waals surface area contributed by atoms with Crippen molar-refractivity contribution in [1.82, 2.24) is 18.7 Å². The van der Waals surface area contributed by atoms with Gasteiger partial charge in [-0.25, -0.2) is 4.79 Å². The Morgan fingerprint density at radius 1 is 0.889 bits per heavy atom. The van der Waals surface area contributed by atoms with Crippen LogP contribution in [0.4, 0.5) is 0 Å². The summed E-state index contributed by atoms with van der Waals surface area (Å²) in [7, 11) is 6.31. The predicted octanol–water partition coefficient (Wildman–Crippen LogP) is 0.827. The Kier molecular flexibility index (Phi) is 5.20. The topological polar surface area (TPSA) is 89.5 Å². The molecule has 0 amide bonds. The zero-order valence-corrected chi connectivity index (χ0v) is 15.8. The van der Waals surface area contributed by atoms with E-state index in [1.807, 2.05) is 24.3 Å². The van der Waals surface area contributed by atoms with Crippen LogP contribution in [-0.2, 0) is 21.1 Å². The van der Waals surface area contributed by atoms with Gasteiger partial charge < -0.3 is 14.2 Å². The molecule has 0 unspecified atom stereocenters. The van der Waals surface area contributed by atoms with E-state index >= 15 is 0 Å². The van der Waals surface area contributed by atoms with Crippen LogP contribution in [0.25, 0.3) is 11.2 Å². The van der Waals surface area contributed by atoms with E-state index in [1.54, 1.807) is 25.8 Å².